The largest absolute Gasteiger partial charge is 0.373 e. The molecular formula is C29H30N4O3. The van der Waals surface area contributed by atoms with Crippen LogP contribution in [0.4, 0.5) is 0 Å². The van der Waals surface area contributed by atoms with Gasteiger partial charge in [-0.25, -0.2) is 4.98 Å². The van der Waals surface area contributed by atoms with E-state index < -0.39 is 5.60 Å². The number of rotatable bonds is 6. The van der Waals surface area contributed by atoms with E-state index in [4.69, 9.17) is 4.98 Å². The second-order valence-corrected chi connectivity index (χ2v) is 9.28. The summed E-state index contributed by atoms with van der Waals surface area (Å²) in [6.07, 6.45) is 1.08. The van der Waals surface area contributed by atoms with Crippen molar-refractivity contribution in [2.24, 2.45) is 7.05 Å². The van der Waals surface area contributed by atoms with E-state index in [0.717, 1.165) is 5.52 Å². The van der Waals surface area contributed by atoms with Crippen molar-refractivity contribution in [2.45, 2.75) is 31.4 Å². The average Bonchev–Trinajstić information content (AvgIpc) is 3.26. The molecule has 7 nitrogen and oxygen atoms in total. The number of piperidine rings is 1. The minimum atomic E-state index is -1.48. The number of likely N-dealkylation sites (N-methyl/N-ethyl adjacent to an activating group) is 1. The molecule has 0 unspecified atom stereocenters. The number of aryl methyl sites for hydroxylation is 1. The minimum Gasteiger partial charge on any atom is -0.373 e. The first-order valence-corrected chi connectivity index (χ1v) is 12.3. The Morgan fingerprint density at radius 2 is 1.69 bits per heavy atom. The third-order valence-corrected chi connectivity index (χ3v) is 7.07. The molecule has 1 aliphatic heterocycles. The van der Waals surface area contributed by atoms with Crippen LogP contribution >= 0.6 is 0 Å². The molecule has 2 N–H and O–H groups in total. The number of likely N-dealkylation sites (tertiary alicyclic amines) is 1. The number of nitrogens with one attached hydrogen (secondary N) is 1. The molecular weight excluding hydrogens is 452 g/mol. The normalized spacial score (nSPS) is 16.4. The van der Waals surface area contributed by atoms with Crippen LogP contribution in [0.15, 0.2) is 78.9 Å². The second-order valence-electron chi connectivity index (χ2n) is 9.28. The number of imidazole rings is 1. The van der Waals surface area contributed by atoms with Crippen LogP contribution in [0.1, 0.15) is 47.1 Å². The highest BCUT2D eigenvalue weighted by Crippen LogP contribution is 2.37. The Morgan fingerprint density at radius 3 is 2.31 bits per heavy atom. The third-order valence-electron chi connectivity index (χ3n) is 7.07. The molecule has 2 amide bonds. The standard InChI is InChI=1S/C29H30N4O3/c1-3-33-19-23(15-17-26(33)34)30-27(35)20-14-16-24-25(18-20)32(2)28(31-24)29(36,21-10-6-4-7-11-21)22-12-8-5-9-13-22/h4-14,16,18,23,36H,3,15,17,19H2,1-2H3,(H,30,35)/t23-/m0/s1. The van der Waals surface area contributed by atoms with Gasteiger partial charge in [-0.1, -0.05) is 60.7 Å². The monoisotopic (exact) mass is 482 g/mol. The Morgan fingerprint density at radius 1 is 1.06 bits per heavy atom. The molecule has 3 aromatic carbocycles. The van der Waals surface area contributed by atoms with Crippen LogP contribution in [0.3, 0.4) is 0 Å². The Hall–Kier alpha value is -3.97. The number of carbonyl (C=O) groups is 2. The van der Waals surface area contributed by atoms with Gasteiger partial charge in [0.2, 0.25) is 5.91 Å². The first-order valence-electron chi connectivity index (χ1n) is 12.3. The van der Waals surface area contributed by atoms with Crippen molar-refractivity contribution >= 4 is 22.8 Å². The Kier molecular flexibility index (Phi) is 6.33. The van der Waals surface area contributed by atoms with Crippen molar-refractivity contribution in [1.82, 2.24) is 19.8 Å². The van der Waals surface area contributed by atoms with Crippen LogP contribution in [0.25, 0.3) is 11.0 Å². The lowest BCUT2D eigenvalue weighted by Crippen LogP contribution is -2.49. The van der Waals surface area contributed by atoms with E-state index in [1.165, 1.54) is 0 Å². The van der Waals surface area contributed by atoms with Crippen molar-refractivity contribution in [3.8, 4) is 0 Å². The molecule has 1 aliphatic rings. The molecule has 184 valence electrons. The maximum atomic E-state index is 13.1. The molecule has 36 heavy (non-hydrogen) atoms. The summed E-state index contributed by atoms with van der Waals surface area (Å²) in [5.41, 5.74) is 1.89. The van der Waals surface area contributed by atoms with Gasteiger partial charge in [0.25, 0.3) is 5.91 Å². The molecule has 7 heteroatoms. The zero-order valence-corrected chi connectivity index (χ0v) is 20.5. The summed E-state index contributed by atoms with van der Waals surface area (Å²) in [5.74, 6) is 0.421. The maximum absolute atomic E-state index is 13.1. The molecule has 1 aromatic heterocycles. The van der Waals surface area contributed by atoms with Crippen LogP contribution in [0, 0.1) is 0 Å². The number of hydrogen-bond donors (Lipinski definition) is 2. The van der Waals surface area contributed by atoms with E-state index in [9.17, 15) is 14.7 Å². The number of fused-ring (bicyclic) bond motifs is 1. The fraction of sp³-hybridized carbons (Fsp3) is 0.276. The highest BCUT2D eigenvalue weighted by Gasteiger charge is 2.38. The van der Waals surface area contributed by atoms with Crippen LogP contribution < -0.4 is 5.32 Å². The van der Waals surface area contributed by atoms with Crippen LogP contribution in [-0.2, 0) is 17.4 Å². The average molecular weight is 483 g/mol. The quantitative estimate of drug-likeness (QED) is 0.440. The molecule has 4 aromatic rings. The Bertz CT molecular complexity index is 1360. The van der Waals surface area contributed by atoms with Gasteiger partial charge in [0, 0.05) is 38.2 Å². The molecule has 0 spiro atoms. The number of amides is 2. The van der Waals surface area contributed by atoms with Gasteiger partial charge < -0.3 is 19.9 Å². The fourth-order valence-electron chi connectivity index (χ4n) is 5.05. The van der Waals surface area contributed by atoms with Crippen molar-refractivity contribution in [2.75, 3.05) is 13.1 Å². The van der Waals surface area contributed by atoms with Crippen LogP contribution in [0.5, 0.6) is 0 Å². The SMILES string of the molecule is CCN1C[C@@H](NC(=O)c2ccc3nc(C(O)(c4ccccc4)c4ccccc4)n(C)c3c2)CCC1=O. The highest BCUT2D eigenvalue weighted by atomic mass is 16.3. The number of carbonyl (C=O) groups excluding carboxylic acids is 2. The molecule has 0 bridgehead atoms. The predicted molar refractivity (Wildman–Crippen MR) is 138 cm³/mol. The lowest BCUT2D eigenvalue weighted by atomic mass is 9.85. The minimum absolute atomic E-state index is 0.0748. The van der Waals surface area contributed by atoms with Gasteiger partial charge in [0.1, 0.15) is 0 Å². The third kappa shape index (κ3) is 4.16. The molecule has 5 rings (SSSR count). The topological polar surface area (TPSA) is 87.5 Å². The van der Waals surface area contributed by atoms with E-state index in [0.29, 0.717) is 54.0 Å². The molecule has 0 aliphatic carbocycles. The molecule has 1 saturated heterocycles. The van der Waals surface area contributed by atoms with Crippen LogP contribution in [-0.4, -0.2) is 50.5 Å². The smallest absolute Gasteiger partial charge is 0.251 e. The highest BCUT2D eigenvalue weighted by molar-refractivity contribution is 5.97. The first kappa shape index (κ1) is 23.8. The van der Waals surface area contributed by atoms with Gasteiger partial charge in [-0.05, 0) is 42.7 Å². The van der Waals surface area contributed by atoms with E-state index in [2.05, 4.69) is 5.32 Å². The predicted octanol–water partition coefficient (Wildman–Crippen LogP) is 3.60. The molecule has 1 fully saturated rings. The molecule has 2 heterocycles. The lowest BCUT2D eigenvalue weighted by Gasteiger charge is -2.32. The lowest BCUT2D eigenvalue weighted by molar-refractivity contribution is -0.133. The van der Waals surface area contributed by atoms with Crippen LogP contribution in [0.2, 0.25) is 0 Å². The van der Waals surface area contributed by atoms with Gasteiger partial charge in [0.15, 0.2) is 11.4 Å². The number of aliphatic hydroxyl groups is 1. The fourth-order valence-corrected chi connectivity index (χ4v) is 5.05. The van der Waals surface area contributed by atoms with Gasteiger partial charge in [-0.15, -0.1) is 0 Å². The van der Waals surface area contributed by atoms with Crippen molar-refractivity contribution in [1.29, 1.82) is 0 Å². The van der Waals surface area contributed by atoms with E-state index in [1.54, 1.807) is 11.0 Å². The summed E-state index contributed by atoms with van der Waals surface area (Å²) in [4.78, 5) is 31.7. The molecule has 0 saturated carbocycles. The summed E-state index contributed by atoms with van der Waals surface area (Å²) in [6, 6.07) is 24.3. The first-order chi connectivity index (χ1) is 17.4. The summed E-state index contributed by atoms with van der Waals surface area (Å²) in [5, 5.41) is 15.3. The number of nitrogens with zero attached hydrogens (tertiary/aromatic N) is 3. The van der Waals surface area contributed by atoms with E-state index in [-0.39, 0.29) is 17.9 Å². The van der Waals surface area contributed by atoms with Crippen molar-refractivity contribution < 1.29 is 14.7 Å². The van der Waals surface area contributed by atoms with Gasteiger partial charge in [-0.3, -0.25) is 9.59 Å². The Balaban J connectivity index is 1.51. The zero-order chi connectivity index (χ0) is 25.3. The van der Waals surface area contributed by atoms with Gasteiger partial charge in [0.05, 0.1) is 11.0 Å². The van der Waals surface area contributed by atoms with Crippen molar-refractivity contribution in [3.63, 3.8) is 0 Å². The molecule has 0 radical (unpaired) electrons. The summed E-state index contributed by atoms with van der Waals surface area (Å²) in [6.45, 7) is 3.11. The number of benzene rings is 3. The summed E-state index contributed by atoms with van der Waals surface area (Å²) in [7, 11) is 1.86. The summed E-state index contributed by atoms with van der Waals surface area (Å²) >= 11 is 0. The maximum Gasteiger partial charge on any atom is 0.251 e. The number of aromatic nitrogens is 2. The zero-order valence-electron chi connectivity index (χ0n) is 20.5. The van der Waals surface area contributed by atoms with E-state index >= 15 is 0 Å². The van der Waals surface area contributed by atoms with Gasteiger partial charge >= 0.3 is 0 Å². The van der Waals surface area contributed by atoms with Gasteiger partial charge in [-0.2, -0.15) is 0 Å². The summed E-state index contributed by atoms with van der Waals surface area (Å²) < 4.78 is 1.85. The second kappa shape index (κ2) is 9.59. The van der Waals surface area contributed by atoms with Crippen molar-refractivity contribution in [3.05, 3.63) is 101 Å². The van der Waals surface area contributed by atoms with E-state index in [1.807, 2.05) is 91.3 Å². The number of hydrogen-bond acceptors (Lipinski definition) is 4. The Labute approximate surface area is 210 Å². The molecule has 1 atom stereocenters.